The number of benzene rings is 2. The first-order chi connectivity index (χ1) is 16.4. The fourth-order valence-corrected chi connectivity index (χ4v) is 3.60. The van der Waals surface area contributed by atoms with Crippen LogP contribution in [0.15, 0.2) is 36.4 Å². The molecule has 1 atom stereocenters. The van der Waals surface area contributed by atoms with E-state index < -0.39 is 22.9 Å². The number of amides is 1. The molecule has 1 unspecified atom stereocenters. The van der Waals surface area contributed by atoms with E-state index >= 15 is 0 Å². The Bertz CT molecular complexity index is 1030. The number of hydrogen-bond donors (Lipinski definition) is 4. The van der Waals surface area contributed by atoms with E-state index in [0.29, 0.717) is 18.2 Å². The number of alkyl carbamates (subject to hydrolysis) is 1. The zero-order valence-electron chi connectivity index (χ0n) is 20.2. The number of non-ortho nitro benzene ring substituents is 1. The number of nitrogens with two attached hydrogens (primary N) is 1. The molecule has 0 aliphatic carbocycles. The fourth-order valence-electron chi connectivity index (χ4n) is 3.60. The summed E-state index contributed by atoms with van der Waals surface area (Å²) in [4.78, 5) is 23.5. The maximum Gasteiger partial charge on any atom is 0.407 e. The SMILES string of the molecule is CC(C)(C)OC(=O)NCC1CCN(c2ccc(N)cc2CO)C1.O=[N+]([O-])c1ccc(F)c(CO)c1. The number of nitro groups is 1. The molecule has 0 spiro atoms. The van der Waals surface area contributed by atoms with Crippen LogP contribution in [-0.2, 0) is 18.0 Å². The summed E-state index contributed by atoms with van der Waals surface area (Å²) in [6.07, 6.45) is 0.616. The Balaban J connectivity index is 0.000000303. The molecule has 1 saturated heterocycles. The van der Waals surface area contributed by atoms with Crippen molar-refractivity contribution in [3.63, 3.8) is 0 Å². The first kappa shape index (κ1) is 27.8. The Morgan fingerprint density at radius 1 is 1.23 bits per heavy atom. The van der Waals surface area contributed by atoms with Crippen LogP contribution < -0.4 is 16.0 Å². The number of carbonyl (C=O) groups is 1. The third-order valence-corrected chi connectivity index (χ3v) is 5.24. The lowest BCUT2D eigenvalue weighted by Gasteiger charge is -2.23. The van der Waals surface area contributed by atoms with Crippen LogP contribution in [0.25, 0.3) is 0 Å². The summed E-state index contributed by atoms with van der Waals surface area (Å²) < 4.78 is 17.9. The summed E-state index contributed by atoms with van der Waals surface area (Å²) in [6, 6.07) is 8.63. The minimum atomic E-state index is -0.640. The monoisotopic (exact) mass is 492 g/mol. The maximum atomic E-state index is 12.7. The van der Waals surface area contributed by atoms with Gasteiger partial charge in [0.1, 0.15) is 11.4 Å². The normalized spacial score (nSPS) is 15.3. The topological polar surface area (TPSA) is 151 Å². The Labute approximate surface area is 203 Å². The highest BCUT2D eigenvalue weighted by molar-refractivity contribution is 5.67. The Morgan fingerprint density at radius 3 is 2.51 bits per heavy atom. The number of rotatable bonds is 6. The van der Waals surface area contributed by atoms with Gasteiger partial charge in [0, 0.05) is 54.3 Å². The number of nitrogens with one attached hydrogen (secondary N) is 1. The van der Waals surface area contributed by atoms with E-state index in [9.17, 15) is 24.4 Å². The molecule has 0 saturated carbocycles. The van der Waals surface area contributed by atoms with Gasteiger partial charge in [-0.25, -0.2) is 9.18 Å². The van der Waals surface area contributed by atoms with E-state index in [1.807, 2.05) is 39.0 Å². The third-order valence-electron chi connectivity index (χ3n) is 5.24. The van der Waals surface area contributed by atoms with E-state index in [1.54, 1.807) is 0 Å². The van der Waals surface area contributed by atoms with Crippen LogP contribution in [0.2, 0.25) is 0 Å². The standard InChI is InChI=1S/C17H27N3O3.C7H6FNO3/c1-17(2,3)23-16(22)19-9-12-6-7-20(10-12)15-5-4-14(18)8-13(15)11-21;8-7-2-1-6(9(11)12)3-5(7)4-10/h4-5,8,12,21H,6-7,9-11,18H2,1-3H3,(H,19,22);1-3,10H,4H2. The van der Waals surface area contributed by atoms with E-state index in [2.05, 4.69) is 10.2 Å². The molecule has 5 N–H and O–H groups in total. The molecule has 35 heavy (non-hydrogen) atoms. The molecule has 10 nitrogen and oxygen atoms in total. The molecule has 192 valence electrons. The lowest BCUT2D eigenvalue weighted by atomic mass is 10.1. The molecular weight excluding hydrogens is 459 g/mol. The van der Waals surface area contributed by atoms with Gasteiger partial charge in [-0.15, -0.1) is 0 Å². The smallest absolute Gasteiger partial charge is 0.407 e. The fraction of sp³-hybridized carbons (Fsp3) is 0.458. The van der Waals surface area contributed by atoms with Crippen LogP contribution >= 0.6 is 0 Å². The lowest BCUT2D eigenvalue weighted by Crippen LogP contribution is -2.36. The molecule has 1 fully saturated rings. The minimum absolute atomic E-state index is 0.0301. The molecule has 1 heterocycles. The molecule has 2 aromatic carbocycles. The molecule has 11 heteroatoms. The number of nitrogen functional groups attached to an aromatic ring is 1. The van der Waals surface area contributed by atoms with Crippen molar-refractivity contribution in [1.82, 2.24) is 5.32 Å². The van der Waals surface area contributed by atoms with Crippen LogP contribution in [-0.4, -0.2) is 46.5 Å². The molecule has 1 amide bonds. The first-order valence-corrected chi connectivity index (χ1v) is 11.2. The molecule has 0 aromatic heterocycles. The predicted molar refractivity (Wildman–Crippen MR) is 130 cm³/mol. The van der Waals surface area contributed by atoms with Gasteiger partial charge < -0.3 is 30.9 Å². The molecule has 1 aliphatic rings. The van der Waals surface area contributed by atoms with Gasteiger partial charge in [0.25, 0.3) is 5.69 Å². The van der Waals surface area contributed by atoms with Crippen molar-refractivity contribution < 1.29 is 29.1 Å². The summed E-state index contributed by atoms with van der Waals surface area (Å²) in [5.41, 5.74) is 7.51. The number of nitro benzene ring substituents is 1. The second kappa shape index (κ2) is 12.3. The van der Waals surface area contributed by atoms with Gasteiger partial charge in [-0.05, 0) is 57.4 Å². The van der Waals surface area contributed by atoms with Gasteiger partial charge >= 0.3 is 6.09 Å². The predicted octanol–water partition coefficient (Wildman–Crippen LogP) is 3.34. The molecule has 0 bridgehead atoms. The highest BCUT2D eigenvalue weighted by Crippen LogP contribution is 2.28. The van der Waals surface area contributed by atoms with E-state index in [0.717, 1.165) is 49.0 Å². The first-order valence-electron chi connectivity index (χ1n) is 11.2. The highest BCUT2D eigenvalue weighted by Gasteiger charge is 2.25. The second-order valence-corrected chi connectivity index (χ2v) is 9.22. The van der Waals surface area contributed by atoms with Crippen LogP contribution in [0, 0.1) is 21.8 Å². The van der Waals surface area contributed by atoms with Gasteiger partial charge in [0.2, 0.25) is 0 Å². The Morgan fingerprint density at radius 2 is 1.91 bits per heavy atom. The molecule has 2 aromatic rings. The van der Waals surface area contributed by atoms with Crippen LogP contribution in [0.3, 0.4) is 0 Å². The number of anilines is 2. The Kier molecular flexibility index (Phi) is 9.78. The quantitative estimate of drug-likeness (QED) is 0.272. The van der Waals surface area contributed by atoms with Gasteiger partial charge in [-0.3, -0.25) is 10.1 Å². The molecule has 1 aliphatic heterocycles. The van der Waals surface area contributed by atoms with Gasteiger partial charge in [-0.1, -0.05) is 0 Å². The largest absolute Gasteiger partial charge is 0.444 e. The average molecular weight is 493 g/mol. The number of aliphatic hydroxyl groups is 2. The van der Waals surface area contributed by atoms with Crippen molar-refractivity contribution in [3.8, 4) is 0 Å². The second-order valence-electron chi connectivity index (χ2n) is 9.22. The summed E-state index contributed by atoms with van der Waals surface area (Å²) in [6.45, 7) is 7.31. The van der Waals surface area contributed by atoms with E-state index in [-0.39, 0.29) is 24.0 Å². The Hall–Kier alpha value is -3.44. The minimum Gasteiger partial charge on any atom is -0.444 e. The third kappa shape index (κ3) is 8.69. The van der Waals surface area contributed by atoms with Crippen LogP contribution in [0.1, 0.15) is 38.3 Å². The average Bonchev–Trinajstić information content (AvgIpc) is 3.26. The number of halogens is 1. The van der Waals surface area contributed by atoms with Crippen molar-refractivity contribution in [2.45, 2.75) is 46.0 Å². The van der Waals surface area contributed by atoms with E-state index in [4.69, 9.17) is 15.6 Å². The number of ether oxygens (including phenoxy) is 1. The number of nitrogens with zero attached hydrogens (tertiary/aromatic N) is 2. The summed E-state index contributed by atoms with van der Waals surface area (Å²) in [7, 11) is 0. The summed E-state index contributed by atoms with van der Waals surface area (Å²) in [5, 5.41) is 31.1. The zero-order valence-corrected chi connectivity index (χ0v) is 20.2. The number of carbonyl (C=O) groups excluding carboxylic acids is 1. The van der Waals surface area contributed by atoms with Crippen molar-refractivity contribution in [3.05, 3.63) is 63.5 Å². The van der Waals surface area contributed by atoms with Crippen LogP contribution in [0.5, 0.6) is 0 Å². The number of aliphatic hydroxyl groups excluding tert-OH is 2. The highest BCUT2D eigenvalue weighted by atomic mass is 19.1. The van der Waals surface area contributed by atoms with E-state index in [1.165, 1.54) is 0 Å². The maximum absolute atomic E-state index is 12.7. The molecular formula is C24H33FN4O6. The zero-order chi connectivity index (χ0) is 26.2. The lowest BCUT2D eigenvalue weighted by molar-refractivity contribution is -0.385. The summed E-state index contributed by atoms with van der Waals surface area (Å²) in [5.74, 6) is -0.269. The van der Waals surface area contributed by atoms with Gasteiger partial charge in [-0.2, -0.15) is 0 Å². The van der Waals surface area contributed by atoms with Gasteiger partial charge in [0.05, 0.1) is 18.1 Å². The molecule has 3 rings (SSSR count). The summed E-state index contributed by atoms with van der Waals surface area (Å²) >= 11 is 0. The van der Waals surface area contributed by atoms with Crippen molar-refractivity contribution in [2.75, 3.05) is 30.3 Å². The molecule has 0 radical (unpaired) electrons. The van der Waals surface area contributed by atoms with Crippen molar-refractivity contribution in [2.24, 2.45) is 5.92 Å². The van der Waals surface area contributed by atoms with Crippen molar-refractivity contribution >= 4 is 23.2 Å². The van der Waals surface area contributed by atoms with Gasteiger partial charge in [0.15, 0.2) is 0 Å². The van der Waals surface area contributed by atoms with Crippen LogP contribution in [0.4, 0.5) is 26.2 Å². The van der Waals surface area contributed by atoms with Crippen molar-refractivity contribution in [1.29, 1.82) is 0 Å². The number of hydrogen-bond acceptors (Lipinski definition) is 8.